The standard InChI is InChI=1S/C18H15Cl2NO4/c1-10(22)12-6-3-4-9-15(12)21-17(23)11(2)25-18(24)13-7-5-8-14(19)16(13)20/h3-9,11H,1-2H3,(H,21,23). The topological polar surface area (TPSA) is 72.5 Å². The summed E-state index contributed by atoms with van der Waals surface area (Å²) >= 11 is 11.8. The molecule has 7 heteroatoms. The van der Waals surface area contributed by atoms with Crippen molar-refractivity contribution in [1.29, 1.82) is 0 Å². The van der Waals surface area contributed by atoms with Crippen LogP contribution in [-0.4, -0.2) is 23.8 Å². The van der Waals surface area contributed by atoms with Crippen LogP contribution < -0.4 is 5.32 Å². The van der Waals surface area contributed by atoms with E-state index in [0.29, 0.717) is 11.3 Å². The zero-order chi connectivity index (χ0) is 18.6. The lowest BCUT2D eigenvalue weighted by Gasteiger charge is -2.15. The molecule has 0 fully saturated rings. The molecule has 0 heterocycles. The Morgan fingerprint density at radius 2 is 1.64 bits per heavy atom. The number of rotatable bonds is 5. The highest BCUT2D eigenvalue weighted by atomic mass is 35.5. The van der Waals surface area contributed by atoms with Gasteiger partial charge >= 0.3 is 5.97 Å². The lowest BCUT2D eigenvalue weighted by Crippen LogP contribution is -2.30. The van der Waals surface area contributed by atoms with Gasteiger partial charge in [-0.25, -0.2) is 4.79 Å². The number of para-hydroxylation sites is 1. The van der Waals surface area contributed by atoms with Crippen LogP contribution in [-0.2, 0) is 9.53 Å². The SMILES string of the molecule is CC(=O)c1ccccc1NC(=O)C(C)OC(=O)c1cccc(Cl)c1Cl. The predicted molar refractivity (Wildman–Crippen MR) is 96.4 cm³/mol. The van der Waals surface area contributed by atoms with Gasteiger partial charge in [-0.15, -0.1) is 0 Å². The van der Waals surface area contributed by atoms with Gasteiger partial charge in [0.2, 0.25) is 0 Å². The fourth-order valence-corrected chi connectivity index (χ4v) is 2.45. The van der Waals surface area contributed by atoms with E-state index in [4.69, 9.17) is 27.9 Å². The van der Waals surface area contributed by atoms with Gasteiger partial charge in [0.15, 0.2) is 11.9 Å². The van der Waals surface area contributed by atoms with Gasteiger partial charge in [0.1, 0.15) is 0 Å². The third-order valence-electron chi connectivity index (χ3n) is 3.39. The van der Waals surface area contributed by atoms with Crippen molar-refractivity contribution in [2.24, 2.45) is 0 Å². The number of benzene rings is 2. The second kappa shape index (κ2) is 8.14. The molecule has 0 aliphatic carbocycles. The van der Waals surface area contributed by atoms with Gasteiger partial charge in [0, 0.05) is 5.56 Å². The number of nitrogens with one attached hydrogen (secondary N) is 1. The van der Waals surface area contributed by atoms with E-state index in [9.17, 15) is 14.4 Å². The molecular weight excluding hydrogens is 365 g/mol. The molecule has 0 saturated heterocycles. The molecule has 0 spiro atoms. The maximum Gasteiger partial charge on any atom is 0.340 e. The summed E-state index contributed by atoms with van der Waals surface area (Å²) in [6.07, 6.45) is -1.09. The molecule has 0 bridgehead atoms. The highest BCUT2D eigenvalue weighted by Crippen LogP contribution is 2.26. The first kappa shape index (κ1) is 19.0. The summed E-state index contributed by atoms with van der Waals surface area (Å²) in [5.74, 6) is -1.53. The first-order valence-electron chi connectivity index (χ1n) is 7.37. The van der Waals surface area contributed by atoms with Crippen LogP contribution in [0.2, 0.25) is 10.0 Å². The smallest absolute Gasteiger partial charge is 0.340 e. The highest BCUT2D eigenvalue weighted by molar-refractivity contribution is 6.43. The summed E-state index contributed by atoms with van der Waals surface area (Å²) in [6.45, 7) is 2.82. The van der Waals surface area contributed by atoms with Gasteiger partial charge < -0.3 is 10.1 Å². The maximum absolute atomic E-state index is 12.2. The van der Waals surface area contributed by atoms with E-state index in [0.717, 1.165) is 0 Å². The maximum atomic E-state index is 12.2. The number of carbonyl (C=O) groups is 3. The molecule has 2 aromatic carbocycles. The summed E-state index contributed by atoms with van der Waals surface area (Å²) < 4.78 is 5.13. The number of ether oxygens (including phenoxy) is 1. The Morgan fingerprint density at radius 1 is 1.00 bits per heavy atom. The Balaban J connectivity index is 2.09. The van der Waals surface area contributed by atoms with Crippen LogP contribution in [0.3, 0.4) is 0 Å². The van der Waals surface area contributed by atoms with Crippen LogP contribution >= 0.6 is 23.2 Å². The summed E-state index contributed by atoms with van der Waals surface area (Å²) in [4.78, 5) is 36.0. The number of hydrogen-bond acceptors (Lipinski definition) is 4. The normalized spacial score (nSPS) is 11.5. The number of carbonyl (C=O) groups excluding carboxylic acids is 3. The lowest BCUT2D eigenvalue weighted by molar-refractivity contribution is -0.123. The minimum Gasteiger partial charge on any atom is -0.449 e. The quantitative estimate of drug-likeness (QED) is 0.617. The Bertz CT molecular complexity index is 836. The van der Waals surface area contributed by atoms with Gasteiger partial charge in [0.05, 0.1) is 21.3 Å². The molecule has 2 rings (SSSR count). The van der Waals surface area contributed by atoms with Gasteiger partial charge in [-0.3, -0.25) is 9.59 Å². The molecule has 1 atom stereocenters. The molecule has 0 aliphatic rings. The van der Waals surface area contributed by atoms with Gasteiger partial charge in [0.25, 0.3) is 5.91 Å². The number of esters is 1. The zero-order valence-corrected chi connectivity index (χ0v) is 15.0. The molecule has 2 aromatic rings. The van der Waals surface area contributed by atoms with Crippen LogP contribution in [0.15, 0.2) is 42.5 Å². The minimum atomic E-state index is -1.09. The van der Waals surface area contributed by atoms with Crippen molar-refractivity contribution < 1.29 is 19.1 Å². The van der Waals surface area contributed by atoms with E-state index < -0.39 is 18.0 Å². The fourth-order valence-electron chi connectivity index (χ4n) is 2.07. The number of anilines is 1. The lowest BCUT2D eigenvalue weighted by atomic mass is 10.1. The number of hydrogen-bond donors (Lipinski definition) is 1. The van der Waals surface area contributed by atoms with Crippen molar-refractivity contribution in [1.82, 2.24) is 0 Å². The summed E-state index contributed by atoms with van der Waals surface area (Å²) in [5.41, 5.74) is 0.786. The number of ketones is 1. The Kier molecular flexibility index (Phi) is 6.17. The third-order valence-corrected chi connectivity index (χ3v) is 4.21. The minimum absolute atomic E-state index is 0.0590. The second-order valence-electron chi connectivity index (χ2n) is 5.24. The molecular formula is C18H15Cl2NO4. The molecule has 0 aromatic heterocycles. The highest BCUT2D eigenvalue weighted by Gasteiger charge is 2.22. The number of Topliss-reactive ketones (excluding diaryl/α,β-unsaturated/α-hetero) is 1. The van der Waals surface area contributed by atoms with Crippen molar-refractivity contribution in [3.8, 4) is 0 Å². The van der Waals surface area contributed by atoms with Gasteiger partial charge in [-0.2, -0.15) is 0 Å². The fraction of sp³-hybridized carbons (Fsp3) is 0.167. The van der Waals surface area contributed by atoms with Crippen LogP contribution in [0.25, 0.3) is 0 Å². The van der Waals surface area contributed by atoms with E-state index in [1.54, 1.807) is 30.3 Å². The van der Waals surface area contributed by atoms with Crippen molar-refractivity contribution >= 4 is 46.5 Å². The van der Waals surface area contributed by atoms with Crippen LogP contribution in [0.4, 0.5) is 5.69 Å². The van der Waals surface area contributed by atoms with Gasteiger partial charge in [-0.1, -0.05) is 41.4 Å². The molecule has 0 aliphatic heterocycles. The molecule has 130 valence electrons. The van der Waals surface area contributed by atoms with Crippen LogP contribution in [0.5, 0.6) is 0 Å². The van der Waals surface area contributed by atoms with E-state index in [-0.39, 0.29) is 21.4 Å². The molecule has 5 nitrogen and oxygen atoms in total. The average Bonchev–Trinajstić information content (AvgIpc) is 2.57. The second-order valence-corrected chi connectivity index (χ2v) is 6.03. The Morgan fingerprint density at radius 3 is 2.32 bits per heavy atom. The predicted octanol–water partition coefficient (Wildman–Crippen LogP) is 4.38. The van der Waals surface area contributed by atoms with Crippen LogP contribution in [0, 0.1) is 0 Å². The molecule has 25 heavy (non-hydrogen) atoms. The summed E-state index contributed by atoms with van der Waals surface area (Å²) in [6, 6.07) is 11.1. The number of amides is 1. The van der Waals surface area contributed by atoms with Gasteiger partial charge in [-0.05, 0) is 38.1 Å². The van der Waals surface area contributed by atoms with Crippen molar-refractivity contribution in [2.75, 3.05) is 5.32 Å². The molecule has 1 amide bonds. The largest absolute Gasteiger partial charge is 0.449 e. The molecule has 0 saturated carbocycles. The van der Waals surface area contributed by atoms with E-state index in [1.165, 1.54) is 26.0 Å². The Hall–Kier alpha value is -2.37. The molecule has 1 unspecified atom stereocenters. The van der Waals surface area contributed by atoms with E-state index in [2.05, 4.69) is 5.32 Å². The van der Waals surface area contributed by atoms with E-state index in [1.807, 2.05) is 0 Å². The zero-order valence-electron chi connectivity index (χ0n) is 13.5. The van der Waals surface area contributed by atoms with Crippen molar-refractivity contribution in [3.05, 3.63) is 63.6 Å². The molecule has 0 radical (unpaired) electrons. The molecule has 1 N–H and O–H groups in total. The Labute approximate surface area is 154 Å². The van der Waals surface area contributed by atoms with Crippen molar-refractivity contribution in [3.63, 3.8) is 0 Å². The first-order chi connectivity index (χ1) is 11.8. The third kappa shape index (κ3) is 4.59. The van der Waals surface area contributed by atoms with Crippen LogP contribution in [0.1, 0.15) is 34.6 Å². The number of halogens is 2. The average molecular weight is 380 g/mol. The van der Waals surface area contributed by atoms with Crippen molar-refractivity contribution in [2.45, 2.75) is 20.0 Å². The summed E-state index contributed by atoms with van der Waals surface area (Å²) in [5, 5.41) is 2.85. The first-order valence-corrected chi connectivity index (χ1v) is 8.12. The van der Waals surface area contributed by atoms with E-state index >= 15 is 0 Å². The monoisotopic (exact) mass is 379 g/mol. The summed E-state index contributed by atoms with van der Waals surface area (Å²) in [7, 11) is 0.